The zero-order valence-electron chi connectivity index (χ0n) is 14.2. The normalized spacial score (nSPS) is 24.3. The van der Waals surface area contributed by atoms with Crippen molar-refractivity contribution in [3.8, 4) is 0 Å². The number of carbonyl (C=O) groups excluding carboxylic acids is 1. The van der Waals surface area contributed by atoms with Crippen LogP contribution in [0.15, 0.2) is 0 Å². The molecule has 5 heteroatoms. The molecule has 0 amide bonds. The summed E-state index contributed by atoms with van der Waals surface area (Å²) < 4.78 is 4.74. The molecule has 2 unspecified atom stereocenters. The van der Waals surface area contributed by atoms with E-state index in [1.165, 1.54) is 33.0 Å². The van der Waals surface area contributed by atoms with E-state index in [1.54, 1.807) is 6.92 Å². The molecule has 0 aliphatic carbocycles. The number of ether oxygens (including phenoxy) is 1. The maximum absolute atomic E-state index is 11.5. The van der Waals surface area contributed by atoms with Crippen molar-refractivity contribution in [2.45, 2.75) is 57.5 Å². The number of nitrogens with two attached hydrogens (primary N) is 1. The van der Waals surface area contributed by atoms with Crippen molar-refractivity contribution in [3.05, 3.63) is 0 Å². The number of hydrogen-bond acceptors (Lipinski definition) is 5. The van der Waals surface area contributed by atoms with Crippen molar-refractivity contribution in [3.63, 3.8) is 0 Å². The Morgan fingerprint density at radius 2 is 2.10 bits per heavy atom. The van der Waals surface area contributed by atoms with Gasteiger partial charge in [-0.05, 0) is 65.7 Å². The van der Waals surface area contributed by atoms with Crippen molar-refractivity contribution >= 4 is 5.97 Å². The average molecular weight is 299 g/mol. The van der Waals surface area contributed by atoms with Crippen LogP contribution in [-0.4, -0.2) is 67.7 Å². The van der Waals surface area contributed by atoms with Crippen molar-refractivity contribution in [2.75, 3.05) is 40.3 Å². The second kappa shape index (κ2) is 8.71. The predicted molar refractivity (Wildman–Crippen MR) is 86.2 cm³/mol. The van der Waals surface area contributed by atoms with E-state index in [-0.39, 0.29) is 5.97 Å². The van der Waals surface area contributed by atoms with Gasteiger partial charge in [-0.15, -0.1) is 0 Å². The Hall–Kier alpha value is -0.650. The Morgan fingerprint density at radius 3 is 2.71 bits per heavy atom. The maximum atomic E-state index is 11.5. The van der Waals surface area contributed by atoms with Gasteiger partial charge in [-0.25, -0.2) is 0 Å². The number of esters is 1. The van der Waals surface area contributed by atoms with Crippen molar-refractivity contribution < 1.29 is 9.53 Å². The molecular formula is C16H33N3O2. The van der Waals surface area contributed by atoms with Crippen LogP contribution in [0.5, 0.6) is 0 Å². The zero-order valence-corrected chi connectivity index (χ0v) is 14.2. The molecule has 0 saturated carbocycles. The molecule has 0 spiro atoms. The number of methoxy groups -OCH3 is 1. The van der Waals surface area contributed by atoms with Crippen molar-refractivity contribution in [2.24, 2.45) is 5.73 Å². The Labute approximate surface area is 129 Å². The van der Waals surface area contributed by atoms with Gasteiger partial charge in [0.2, 0.25) is 0 Å². The second-order valence-corrected chi connectivity index (χ2v) is 6.58. The summed E-state index contributed by atoms with van der Waals surface area (Å²) >= 11 is 0. The summed E-state index contributed by atoms with van der Waals surface area (Å²) in [6, 6.07) is 0.655. The van der Waals surface area contributed by atoms with E-state index in [9.17, 15) is 4.79 Å². The number of hydrogen-bond donors (Lipinski definition) is 1. The van der Waals surface area contributed by atoms with E-state index in [1.807, 2.05) is 0 Å². The third-order valence-electron chi connectivity index (χ3n) is 4.54. The predicted octanol–water partition coefficient (Wildman–Crippen LogP) is 1.46. The fourth-order valence-corrected chi connectivity index (χ4v) is 3.12. The fourth-order valence-electron chi connectivity index (χ4n) is 3.12. The lowest BCUT2D eigenvalue weighted by Gasteiger charge is -2.30. The van der Waals surface area contributed by atoms with Crippen LogP contribution in [0.2, 0.25) is 0 Å². The molecule has 1 fully saturated rings. The molecule has 1 saturated heterocycles. The lowest BCUT2D eigenvalue weighted by atomic mass is 9.96. The summed E-state index contributed by atoms with van der Waals surface area (Å²) in [6.07, 6.45) is 5.17. The van der Waals surface area contributed by atoms with Crippen LogP contribution in [0, 0.1) is 0 Å². The third-order valence-corrected chi connectivity index (χ3v) is 4.54. The molecule has 0 bridgehead atoms. The van der Waals surface area contributed by atoms with Gasteiger partial charge in [-0.3, -0.25) is 9.69 Å². The number of unbranched alkanes of at least 4 members (excludes halogenated alkanes) is 1. The fraction of sp³-hybridized carbons (Fsp3) is 0.938. The second-order valence-electron chi connectivity index (χ2n) is 6.58. The summed E-state index contributed by atoms with van der Waals surface area (Å²) in [5, 5.41) is 0. The lowest BCUT2D eigenvalue weighted by molar-refractivity contribution is -0.146. The molecule has 21 heavy (non-hydrogen) atoms. The van der Waals surface area contributed by atoms with E-state index in [2.05, 4.69) is 23.8 Å². The van der Waals surface area contributed by atoms with Gasteiger partial charge in [0, 0.05) is 12.6 Å². The summed E-state index contributed by atoms with van der Waals surface area (Å²) in [5.74, 6) is -0.315. The Bertz CT molecular complexity index is 321. The molecule has 124 valence electrons. The van der Waals surface area contributed by atoms with E-state index in [4.69, 9.17) is 10.5 Å². The molecule has 2 N–H and O–H groups in total. The first kappa shape index (κ1) is 18.4. The third kappa shape index (κ3) is 5.93. The largest absolute Gasteiger partial charge is 0.468 e. The topological polar surface area (TPSA) is 58.8 Å². The van der Waals surface area contributed by atoms with Crippen LogP contribution in [-0.2, 0) is 9.53 Å². The van der Waals surface area contributed by atoms with Gasteiger partial charge >= 0.3 is 5.97 Å². The highest BCUT2D eigenvalue weighted by atomic mass is 16.5. The highest BCUT2D eigenvalue weighted by Crippen LogP contribution is 2.16. The van der Waals surface area contributed by atoms with Gasteiger partial charge in [-0.1, -0.05) is 6.92 Å². The van der Waals surface area contributed by atoms with Crippen LogP contribution in [0.1, 0.15) is 46.0 Å². The molecule has 1 aliphatic heterocycles. The van der Waals surface area contributed by atoms with Crippen LogP contribution in [0.25, 0.3) is 0 Å². The molecule has 0 aromatic carbocycles. The molecule has 0 aromatic heterocycles. The maximum Gasteiger partial charge on any atom is 0.325 e. The van der Waals surface area contributed by atoms with Crippen molar-refractivity contribution in [1.29, 1.82) is 0 Å². The SMILES string of the molecule is CCC1CN(C)CCCN1CCCCC(C)(N)C(=O)OC. The summed E-state index contributed by atoms with van der Waals surface area (Å²) in [6.45, 7) is 8.66. The summed E-state index contributed by atoms with van der Waals surface area (Å²) in [7, 11) is 3.61. The minimum Gasteiger partial charge on any atom is -0.468 e. The highest BCUT2D eigenvalue weighted by Gasteiger charge is 2.29. The Kier molecular flexibility index (Phi) is 7.63. The molecule has 1 heterocycles. The first-order valence-corrected chi connectivity index (χ1v) is 8.20. The molecule has 0 aromatic rings. The Morgan fingerprint density at radius 1 is 1.38 bits per heavy atom. The number of likely N-dealkylation sites (N-methyl/N-ethyl adjacent to an activating group) is 1. The van der Waals surface area contributed by atoms with E-state index in [0.29, 0.717) is 12.5 Å². The quantitative estimate of drug-likeness (QED) is 0.570. The van der Waals surface area contributed by atoms with Crippen LogP contribution >= 0.6 is 0 Å². The van der Waals surface area contributed by atoms with E-state index in [0.717, 1.165) is 25.9 Å². The first-order valence-electron chi connectivity index (χ1n) is 8.20. The number of nitrogens with zero attached hydrogens (tertiary/aromatic N) is 2. The monoisotopic (exact) mass is 299 g/mol. The van der Waals surface area contributed by atoms with Crippen LogP contribution in [0.4, 0.5) is 0 Å². The first-order chi connectivity index (χ1) is 9.90. The molecule has 2 atom stereocenters. The smallest absolute Gasteiger partial charge is 0.325 e. The number of rotatable bonds is 7. The van der Waals surface area contributed by atoms with Crippen LogP contribution < -0.4 is 5.73 Å². The van der Waals surface area contributed by atoms with Gasteiger partial charge in [0.05, 0.1) is 7.11 Å². The van der Waals surface area contributed by atoms with Gasteiger partial charge in [-0.2, -0.15) is 0 Å². The highest BCUT2D eigenvalue weighted by molar-refractivity contribution is 5.79. The molecule has 1 aliphatic rings. The molecule has 0 radical (unpaired) electrons. The Balaban J connectivity index is 2.35. The molecule has 1 rings (SSSR count). The number of carbonyl (C=O) groups is 1. The van der Waals surface area contributed by atoms with Gasteiger partial charge in [0.15, 0.2) is 0 Å². The lowest BCUT2D eigenvalue weighted by Crippen LogP contribution is -2.45. The summed E-state index contributed by atoms with van der Waals surface area (Å²) in [5.41, 5.74) is 5.14. The standard InChI is InChI=1S/C16H33N3O2/c1-5-14-13-18(3)10-8-12-19(14)11-7-6-9-16(2,17)15(20)21-4/h14H,5-13,17H2,1-4H3. The minimum atomic E-state index is -0.849. The molecular weight excluding hydrogens is 266 g/mol. The van der Waals surface area contributed by atoms with E-state index >= 15 is 0 Å². The van der Waals surface area contributed by atoms with E-state index < -0.39 is 5.54 Å². The minimum absolute atomic E-state index is 0.315. The summed E-state index contributed by atoms with van der Waals surface area (Å²) in [4.78, 5) is 16.6. The molecule has 5 nitrogen and oxygen atoms in total. The van der Waals surface area contributed by atoms with Crippen LogP contribution in [0.3, 0.4) is 0 Å². The average Bonchev–Trinajstić information content (AvgIpc) is 2.63. The zero-order chi connectivity index (χ0) is 15.9. The van der Waals surface area contributed by atoms with Gasteiger partial charge in [0.1, 0.15) is 5.54 Å². The van der Waals surface area contributed by atoms with Gasteiger partial charge < -0.3 is 15.4 Å². The van der Waals surface area contributed by atoms with Crippen molar-refractivity contribution in [1.82, 2.24) is 9.80 Å². The van der Waals surface area contributed by atoms with Gasteiger partial charge in [0.25, 0.3) is 0 Å².